The fourth-order valence-corrected chi connectivity index (χ4v) is 3.19. The molecule has 0 amide bonds. The highest BCUT2D eigenvalue weighted by molar-refractivity contribution is 5.85. The van der Waals surface area contributed by atoms with Gasteiger partial charge in [-0.1, -0.05) is 0 Å². The maximum absolute atomic E-state index is 5.70. The minimum absolute atomic E-state index is 0. The van der Waals surface area contributed by atoms with E-state index in [4.69, 9.17) is 11.5 Å². The van der Waals surface area contributed by atoms with Crippen LogP contribution in [0, 0.1) is 23.7 Å². The summed E-state index contributed by atoms with van der Waals surface area (Å²) in [5.74, 6) is 3.47. The van der Waals surface area contributed by atoms with E-state index in [1.54, 1.807) is 0 Å². The average molecular weight is 191 g/mol. The number of nitrogens with two attached hydrogens (primary N) is 2. The second kappa shape index (κ2) is 3.95. The van der Waals surface area contributed by atoms with Crippen LogP contribution >= 0.6 is 12.4 Å². The summed E-state index contributed by atoms with van der Waals surface area (Å²) < 4.78 is 0. The molecule has 0 spiro atoms. The van der Waals surface area contributed by atoms with Crippen molar-refractivity contribution in [3.8, 4) is 0 Å². The zero-order valence-electron chi connectivity index (χ0n) is 7.41. The van der Waals surface area contributed by atoms with Gasteiger partial charge in [0.2, 0.25) is 0 Å². The molecule has 0 aromatic rings. The van der Waals surface area contributed by atoms with Gasteiger partial charge in [0, 0.05) is 0 Å². The second-order valence-corrected chi connectivity index (χ2v) is 4.23. The molecule has 0 radical (unpaired) electrons. The van der Waals surface area contributed by atoms with Crippen molar-refractivity contribution < 1.29 is 0 Å². The number of hydrogen-bond donors (Lipinski definition) is 2. The Morgan fingerprint density at radius 2 is 1.42 bits per heavy atom. The highest BCUT2D eigenvalue weighted by Gasteiger charge is 2.44. The van der Waals surface area contributed by atoms with Crippen molar-refractivity contribution in [3.63, 3.8) is 0 Å². The third kappa shape index (κ3) is 1.48. The van der Waals surface area contributed by atoms with Gasteiger partial charge < -0.3 is 11.5 Å². The first-order chi connectivity index (χ1) is 5.35. The van der Waals surface area contributed by atoms with E-state index in [-0.39, 0.29) is 12.4 Å². The van der Waals surface area contributed by atoms with Crippen LogP contribution in [0.2, 0.25) is 0 Å². The summed E-state index contributed by atoms with van der Waals surface area (Å²) in [6.45, 7) is 1.77. The smallest absolute Gasteiger partial charge is 0.00460 e. The Kier molecular flexibility index (Phi) is 3.38. The van der Waals surface area contributed by atoms with Crippen molar-refractivity contribution in [2.24, 2.45) is 35.1 Å². The third-order valence-electron chi connectivity index (χ3n) is 3.69. The van der Waals surface area contributed by atoms with E-state index in [1.807, 2.05) is 0 Å². The zero-order valence-corrected chi connectivity index (χ0v) is 8.22. The minimum Gasteiger partial charge on any atom is -0.330 e. The molecular weight excluding hydrogens is 172 g/mol. The molecule has 2 unspecified atom stereocenters. The monoisotopic (exact) mass is 190 g/mol. The lowest BCUT2D eigenvalue weighted by Crippen LogP contribution is -2.30. The maximum atomic E-state index is 5.70. The Labute approximate surface area is 80.5 Å². The van der Waals surface area contributed by atoms with Crippen molar-refractivity contribution in [1.29, 1.82) is 0 Å². The Hall–Kier alpha value is 0.210. The minimum atomic E-state index is 0. The van der Waals surface area contributed by atoms with E-state index in [9.17, 15) is 0 Å². The normalized spacial score (nSPS) is 44.5. The van der Waals surface area contributed by atoms with Gasteiger partial charge in [-0.25, -0.2) is 0 Å². The van der Waals surface area contributed by atoms with Gasteiger partial charge in [0.15, 0.2) is 0 Å². The first kappa shape index (κ1) is 10.3. The van der Waals surface area contributed by atoms with Gasteiger partial charge in [-0.2, -0.15) is 0 Å². The summed E-state index contributed by atoms with van der Waals surface area (Å²) in [5.41, 5.74) is 11.4. The fraction of sp³-hybridized carbons (Fsp3) is 1.00. The average Bonchev–Trinajstić information content (AvgIpc) is 2.60. The Morgan fingerprint density at radius 1 is 0.917 bits per heavy atom. The van der Waals surface area contributed by atoms with E-state index in [1.165, 1.54) is 19.3 Å². The zero-order chi connectivity index (χ0) is 7.84. The largest absolute Gasteiger partial charge is 0.330 e. The highest BCUT2D eigenvalue weighted by Crippen LogP contribution is 2.50. The lowest BCUT2D eigenvalue weighted by molar-refractivity contribution is 0.249. The van der Waals surface area contributed by atoms with Gasteiger partial charge in [-0.15, -0.1) is 12.4 Å². The molecule has 2 rings (SSSR count). The van der Waals surface area contributed by atoms with Crippen LogP contribution in [0.15, 0.2) is 0 Å². The molecule has 2 nitrogen and oxygen atoms in total. The van der Waals surface area contributed by atoms with Crippen LogP contribution < -0.4 is 11.5 Å². The summed E-state index contributed by atoms with van der Waals surface area (Å²) >= 11 is 0. The van der Waals surface area contributed by atoms with E-state index >= 15 is 0 Å². The Bertz CT molecular complexity index is 137. The van der Waals surface area contributed by atoms with Crippen molar-refractivity contribution in [3.05, 3.63) is 0 Å². The summed E-state index contributed by atoms with van der Waals surface area (Å²) in [4.78, 5) is 0. The first-order valence-electron chi connectivity index (χ1n) is 4.75. The van der Waals surface area contributed by atoms with Crippen LogP contribution in [0.1, 0.15) is 19.3 Å². The van der Waals surface area contributed by atoms with Crippen LogP contribution in [0.4, 0.5) is 0 Å². The molecule has 12 heavy (non-hydrogen) atoms. The molecule has 0 aromatic heterocycles. The van der Waals surface area contributed by atoms with Gasteiger partial charge >= 0.3 is 0 Å². The van der Waals surface area contributed by atoms with Gasteiger partial charge in [0.1, 0.15) is 0 Å². The van der Waals surface area contributed by atoms with Crippen LogP contribution in [0.5, 0.6) is 0 Å². The fourth-order valence-electron chi connectivity index (χ4n) is 3.19. The summed E-state index contributed by atoms with van der Waals surface area (Å²) in [5, 5.41) is 0. The standard InChI is InChI=1S/C9H18N2.ClH/c10-4-7-1-6-2-8(5-11)9(7)3-6;/h6-9H,1-5,10-11H2;1H. The maximum Gasteiger partial charge on any atom is -0.00460 e. The molecule has 0 saturated heterocycles. The van der Waals surface area contributed by atoms with Crippen molar-refractivity contribution in [1.82, 2.24) is 0 Å². The second-order valence-electron chi connectivity index (χ2n) is 4.23. The summed E-state index contributed by atoms with van der Waals surface area (Å²) in [6, 6.07) is 0. The molecule has 2 bridgehead atoms. The first-order valence-corrected chi connectivity index (χ1v) is 4.75. The quantitative estimate of drug-likeness (QED) is 0.683. The lowest BCUT2D eigenvalue weighted by Gasteiger charge is -2.27. The predicted molar refractivity (Wildman–Crippen MR) is 53.2 cm³/mol. The number of hydrogen-bond acceptors (Lipinski definition) is 2. The van der Waals surface area contributed by atoms with Crippen LogP contribution in [-0.4, -0.2) is 13.1 Å². The molecule has 72 valence electrons. The Balaban J connectivity index is 0.000000720. The predicted octanol–water partition coefficient (Wildman–Crippen LogP) is 0.988. The topological polar surface area (TPSA) is 52.0 Å². The Morgan fingerprint density at radius 3 is 1.75 bits per heavy atom. The molecule has 3 heteroatoms. The lowest BCUT2D eigenvalue weighted by atomic mass is 9.81. The molecule has 2 saturated carbocycles. The SMILES string of the molecule is Cl.NCC1CC2CC(CN)C1C2. The molecular formula is C9H19ClN2. The van der Waals surface area contributed by atoms with E-state index in [0.29, 0.717) is 0 Å². The van der Waals surface area contributed by atoms with E-state index in [2.05, 4.69) is 0 Å². The molecule has 0 aliphatic heterocycles. The van der Waals surface area contributed by atoms with Gasteiger partial charge in [-0.3, -0.25) is 0 Å². The molecule has 0 aromatic carbocycles. The number of fused-ring (bicyclic) bond motifs is 2. The molecule has 2 fully saturated rings. The van der Waals surface area contributed by atoms with Crippen molar-refractivity contribution in [2.75, 3.05) is 13.1 Å². The van der Waals surface area contributed by atoms with Crippen LogP contribution in [0.25, 0.3) is 0 Å². The van der Waals surface area contributed by atoms with Crippen molar-refractivity contribution >= 4 is 12.4 Å². The van der Waals surface area contributed by atoms with Gasteiger partial charge in [0.05, 0.1) is 0 Å². The van der Waals surface area contributed by atoms with Gasteiger partial charge in [0.25, 0.3) is 0 Å². The summed E-state index contributed by atoms with van der Waals surface area (Å²) in [7, 11) is 0. The molecule has 2 aliphatic rings. The molecule has 4 N–H and O–H groups in total. The number of rotatable bonds is 2. The van der Waals surface area contributed by atoms with Crippen LogP contribution in [0.3, 0.4) is 0 Å². The van der Waals surface area contributed by atoms with Crippen LogP contribution in [-0.2, 0) is 0 Å². The van der Waals surface area contributed by atoms with E-state index in [0.717, 1.165) is 36.8 Å². The number of halogens is 1. The third-order valence-corrected chi connectivity index (χ3v) is 3.69. The van der Waals surface area contributed by atoms with Crippen molar-refractivity contribution in [2.45, 2.75) is 19.3 Å². The highest BCUT2D eigenvalue weighted by atomic mass is 35.5. The molecule has 2 aliphatic carbocycles. The molecule has 0 heterocycles. The van der Waals surface area contributed by atoms with Gasteiger partial charge in [-0.05, 0) is 56.0 Å². The van der Waals surface area contributed by atoms with E-state index < -0.39 is 0 Å². The molecule has 2 atom stereocenters. The summed E-state index contributed by atoms with van der Waals surface area (Å²) in [6.07, 6.45) is 4.19.